The largest absolute Gasteiger partial charge is 0.502 e. The van der Waals surface area contributed by atoms with Crippen molar-refractivity contribution in [2.75, 3.05) is 13.2 Å². The summed E-state index contributed by atoms with van der Waals surface area (Å²) >= 11 is 1.84. The van der Waals surface area contributed by atoms with Crippen molar-refractivity contribution in [2.45, 2.75) is 28.0 Å². The molecule has 0 spiro atoms. The van der Waals surface area contributed by atoms with E-state index in [1.54, 1.807) is 0 Å². The maximum atomic E-state index is 5.49. The fraction of sp³-hybridized carbons (Fsp3) is 0.238. The summed E-state index contributed by atoms with van der Waals surface area (Å²) in [5, 5.41) is 0. The van der Waals surface area contributed by atoms with E-state index in [1.807, 2.05) is 11.8 Å². The van der Waals surface area contributed by atoms with Crippen LogP contribution in [0.3, 0.4) is 0 Å². The second kappa shape index (κ2) is 7.63. The summed E-state index contributed by atoms with van der Waals surface area (Å²) in [7, 11) is 0. The topological polar surface area (TPSA) is 18.5 Å². The number of rotatable bonds is 8. The SMILES string of the molecule is C=COCCC1(CCOC=C)c2ccccc2Sc2ccccc21. The quantitative estimate of drug-likeness (QED) is 0.465. The normalized spacial score (nSPS) is 14.2. The molecule has 3 heteroatoms. The molecule has 0 amide bonds. The van der Waals surface area contributed by atoms with Gasteiger partial charge in [0.05, 0.1) is 25.7 Å². The third-order valence-corrected chi connectivity index (χ3v) is 5.71. The van der Waals surface area contributed by atoms with Crippen LogP contribution in [0.5, 0.6) is 0 Å². The van der Waals surface area contributed by atoms with Crippen molar-refractivity contribution in [3.05, 3.63) is 85.3 Å². The van der Waals surface area contributed by atoms with Crippen LogP contribution in [-0.2, 0) is 14.9 Å². The zero-order valence-corrected chi connectivity index (χ0v) is 14.6. The first-order chi connectivity index (χ1) is 11.8. The van der Waals surface area contributed by atoms with Crippen molar-refractivity contribution in [3.63, 3.8) is 0 Å². The smallest absolute Gasteiger partial charge is 0.0884 e. The molecule has 0 unspecified atom stereocenters. The summed E-state index contributed by atoms with van der Waals surface area (Å²) in [4.78, 5) is 2.63. The molecule has 0 N–H and O–H groups in total. The van der Waals surface area contributed by atoms with E-state index in [-0.39, 0.29) is 5.41 Å². The van der Waals surface area contributed by atoms with Crippen LogP contribution in [0.4, 0.5) is 0 Å². The minimum Gasteiger partial charge on any atom is -0.502 e. The van der Waals surface area contributed by atoms with Crippen LogP contribution in [0, 0.1) is 0 Å². The van der Waals surface area contributed by atoms with Gasteiger partial charge in [-0.05, 0) is 36.1 Å². The third-order valence-electron chi connectivity index (χ3n) is 4.55. The van der Waals surface area contributed by atoms with E-state index >= 15 is 0 Å². The first-order valence-corrected chi connectivity index (χ1v) is 8.95. The van der Waals surface area contributed by atoms with Gasteiger partial charge in [-0.25, -0.2) is 0 Å². The molecule has 2 nitrogen and oxygen atoms in total. The molecule has 0 aromatic heterocycles. The predicted octanol–water partition coefficient (Wildman–Crippen LogP) is 5.54. The monoisotopic (exact) mass is 338 g/mol. The Kier molecular flexibility index (Phi) is 5.31. The Bertz CT molecular complexity index is 662. The number of ether oxygens (including phenoxy) is 2. The van der Waals surface area contributed by atoms with Crippen molar-refractivity contribution in [1.82, 2.24) is 0 Å². The molecule has 2 aromatic rings. The maximum absolute atomic E-state index is 5.49. The molecule has 0 fully saturated rings. The van der Waals surface area contributed by atoms with Crippen LogP contribution < -0.4 is 0 Å². The molecule has 3 rings (SSSR count). The van der Waals surface area contributed by atoms with Gasteiger partial charge >= 0.3 is 0 Å². The molecule has 1 aliphatic heterocycles. The Morgan fingerprint density at radius 2 is 1.25 bits per heavy atom. The molecule has 0 saturated carbocycles. The minimum atomic E-state index is -0.121. The van der Waals surface area contributed by atoms with Gasteiger partial charge in [0.25, 0.3) is 0 Å². The van der Waals surface area contributed by atoms with E-state index in [0.29, 0.717) is 13.2 Å². The molecular formula is C21H22O2S. The van der Waals surface area contributed by atoms with Gasteiger partial charge in [0, 0.05) is 15.2 Å². The van der Waals surface area contributed by atoms with E-state index in [9.17, 15) is 0 Å². The zero-order chi connectivity index (χ0) is 16.8. The third kappa shape index (κ3) is 3.09. The highest BCUT2D eigenvalue weighted by atomic mass is 32.2. The average molecular weight is 338 g/mol. The fourth-order valence-corrected chi connectivity index (χ4v) is 4.74. The molecule has 1 aliphatic rings. The Morgan fingerprint density at radius 1 is 0.792 bits per heavy atom. The van der Waals surface area contributed by atoms with E-state index in [2.05, 4.69) is 61.7 Å². The highest BCUT2D eigenvalue weighted by Crippen LogP contribution is 2.52. The van der Waals surface area contributed by atoms with Crippen molar-refractivity contribution >= 4 is 11.8 Å². The highest BCUT2D eigenvalue weighted by molar-refractivity contribution is 7.99. The van der Waals surface area contributed by atoms with Crippen molar-refractivity contribution in [1.29, 1.82) is 0 Å². The molecule has 0 radical (unpaired) electrons. The lowest BCUT2D eigenvalue weighted by molar-refractivity contribution is 0.180. The summed E-state index contributed by atoms with van der Waals surface area (Å²) < 4.78 is 11.0. The Labute approximate surface area is 148 Å². The first-order valence-electron chi connectivity index (χ1n) is 8.14. The van der Waals surface area contributed by atoms with Crippen molar-refractivity contribution in [3.8, 4) is 0 Å². The molecule has 2 aromatic carbocycles. The van der Waals surface area contributed by atoms with E-state index in [4.69, 9.17) is 9.47 Å². The number of fused-ring (bicyclic) bond motifs is 2. The van der Waals surface area contributed by atoms with Gasteiger partial charge in [-0.1, -0.05) is 61.3 Å². The number of hydrogen-bond acceptors (Lipinski definition) is 3. The Morgan fingerprint density at radius 3 is 1.71 bits per heavy atom. The fourth-order valence-electron chi connectivity index (χ4n) is 3.46. The molecule has 0 atom stereocenters. The minimum absolute atomic E-state index is 0.121. The lowest BCUT2D eigenvalue weighted by atomic mass is 9.69. The summed E-state index contributed by atoms with van der Waals surface area (Å²) in [5.41, 5.74) is 2.59. The summed E-state index contributed by atoms with van der Waals surface area (Å²) in [6, 6.07) is 17.3. The van der Waals surface area contributed by atoms with Crippen LogP contribution in [0.1, 0.15) is 24.0 Å². The van der Waals surface area contributed by atoms with Gasteiger partial charge in [-0.15, -0.1) is 0 Å². The summed E-state index contributed by atoms with van der Waals surface area (Å²) in [6.45, 7) is 8.59. The first kappa shape index (κ1) is 16.7. The molecule has 124 valence electrons. The summed E-state index contributed by atoms with van der Waals surface area (Å²) in [5.74, 6) is 0. The van der Waals surface area contributed by atoms with Crippen molar-refractivity contribution < 1.29 is 9.47 Å². The number of benzene rings is 2. The highest BCUT2D eigenvalue weighted by Gasteiger charge is 2.40. The molecule has 24 heavy (non-hydrogen) atoms. The second-order valence-corrected chi connectivity index (χ2v) is 6.84. The summed E-state index contributed by atoms with van der Waals surface area (Å²) in [6.07, 6.45) is 4.80. The van der Waals surface area contributed by atoms with E-state index in [0.717, 1.165) is 12.8 Å². The molecule has 1 heterocycles. The van der Waals surface area contributed by atoms with Gasteiger partial charge in [0.1, 0.15) is 0 Å². The lowest BCUT2D eigenvalue weighted by Crippen LogP contribution is -2.34. The molecule has 0 bridgehead atoms. The van der Waals surface area contributed by atoms with Crippen LogP contribution in [0.25, 0.3) is 0 Å². The van der Waals surface area contributed by atoms with E-state index in [1.165, 1.54) is 33.4 Å². The second-order valence-electron chi connectivity index (χ2n) is 5.75. The maximum Gasteiger partial charge on any atom is 0.0884 e. The van der Waals surface area contributed by atoms with Crippen LogP contribution in [0.15, 0.2) is 84.0 Å². The standard InChI is InChI=1S/C21H22O2S/c1-3-22-15-13-21(14-16-23-4-2)17-9-5-7-11-19(17)24-20-12-8-6-10-18(20)21/h3-12H,1-2,13-16H2. The van der Waals surface area contributed by atoms with Gasteiger partial charge < -0.3 is 9.47 Å². The van der Waals surface area contributed by atoms with Gasteiger partial charge in [-0.3, -0.25) is 0 Å². The van der Waals surface area contributed by atoms with E-state index < -0.39 is 0 Å². The molecule has 0 saturated heterocycles. The Hall–Kier alpha value is -2.13. The molecule has 0 aliphatic carbocycles. The van der Waals surface area contributed by atoms with Crippen LogP contribution >= 0.6 is 11.8 Å². The number of hydrogen-bond donors (Lipinski definition) is 0. The van der Waals surface area contributed by atoms with Crippen molar-refractivity contribution in [2.24, 2.45) is 0 Å². The lowest BCUT2D eigenvalue weighted by Gasteiger charge is -2.40. The van der Waals surface area contributed by atoms with Gasteiger partial charge in [0.2, 0.25) is 0 Å². The Balaban J connectivity index is 2.09. The zero-order valence-electron chi connectivity index (χ0n) is 13.7. The van der Waals surface area contributed by atoms with Crippen LogP contribution in [0.2, 0.25) is 0 Å². The van der Waals surface area contributed by atoms with Gasteiger partial charge in [-0.2, -0.15) is 0 Å². The molecular weight excluding hydrogens is 316 g/mol. The van der Waals surface area contributed by atoms with Crippen LogP contribution in [-0.4, -0.2) is 13.2 Å². The van der Waals surface area contributed by atoms with Gasteiger partial charge in [0.15, 0.2) is 0 Å². The predicted molar refractivity (Wildman–Crippen MR) is 99.3 cm³/mol. The average Bonchev–Trinajstić information content (AvgIpc) is 2.62.